The Bertz CT molecular complexity index is 256. The number of hydrogen-bond donors (Lipinski definition) is 0. The van der Waals surface area contributed by atoms with Crippen molar-refractivity contribution in [2.24, 2.45) is 0 Å². The molecule has 0 aromatic carbocycles. The lowest BCUT2D eigenvalue weighted by Gasteiger charge is -1.95. The highest BCUT2D eigenvalue weighted by atomic mass is 35.5. The number of pyridine rings is 1. The van der Waals surface area contributed by atoms with Gasteiger partial charge in [-0.3, -0.25) is 0 Å². The van der Waals surface area contributed by atoms with E-state index in [9.17, 15) is 0 Å². The van der Waals surface area contributed by atoms with E-state index >= 15 is 0 Å². The SMILES string of the molecule is CCCCSS[n+]1ccccc1C.[Cl-]. The van der Waals surface area contributed by atoms with E-state index in [0.29, 0.717) is 0 Å². The zero-order valence-corrected chi connectivity index (χ0v) is 11.0. The van der Waals surface area contributed by atoms with Crippen molar-refractivity contribution in [2.75, 3.05) is 5.75 Å². The summed E-state index contributed by atoms with van der Waals surface area (Å²) in [5.74, 6) is 1.24. The number of nitrogens with zero attached hydrogens (tertiary/aromatic N) is 1. The van der Waals surface area contributed by atoms with Crippen molar-refractivity contribution in [3.63, 3.8) is 0 Å². The molecule has 0 unspecified atom stereocenters. The topological polar surface area (TPSA) is 3.88 Å². The van der Waals surface area contributed by atoms with Crippen LogP contribution in [0.1, 0.15) is 25.5 Å². The second-order valence-electron chi connectivity index (χ2n) is 2.92. The molecule has 4 heteroatoms. The van der Waals surface area contributed by atoms with Crippen molar-refractivity contribution in [3.8, 4) is 0 Å². The number of unbranched alkanes of at least 4 members (excludes halogenated alkanes) is 1. The molecule has 0 saturated carbocycles. The summed E-state index contributed by atoms with van der Waals surface area (Å²) in [5.41, 5.74) is 1.30. The van der Waals surface area contributed by atoms with E-state index in [2.05, 4.69) is 42.2 Å². The van der Waals surface area contributed by atoms with Crippen molar-refractivity contribution in [2.45, 2.75) is 26.7 Å². The van der Waals surface area contributed by atoms with Crippen LogP contribution in [-0.4, -0.2) is 5.75 Å². The molecule has 80 valence electrons. The summed E-state index contributed by atoms with van der Waals surface area (Å²) in [7, 11) is 3.75. The second-order valence-corrected chi connectivity index (χ2v) is 5.26. The molecule has 0 aliphatic rings. The molecule has 0 fully saturated rings. The first-order chi connectivity index (χ1) is 6.34. The number of hydrogen-bond acceptors (Lipinski definition) is 2. The second kappa shape index (κ2) is 8.45. The van der Waals surface area contributed by atoms with E-state index in [1.807, 2.05) is 21.8 Å². The molecular weight excluding hydrogens is 234 g/mol. The van der Waals surface area contributed by atoms with Gasteiger partial charge in [-0.1, -0.05) is 19.4 Å². The van der Waals surface area contributed by atoms with E-state index in [-0.39, 0.29) is 12.4 Å². The van der Waals surface area contributed by atoms with Crippen LogP contribution >= 0.6 is 21.8 Å². The molecule has 0 amide bonds. The first kappa shape index (κ1) is 14.1. The normalized spacial score (nSPS) is 9.57. The van der Waals surface area contributed by atoms with Crippen molar-refractivity contribution < 1.29 is 16.4 Å². The lowest BCUT2D eigenvalue weighted by atomic mass is 10.4. The van der Waals surface area contributed by atoms with E-state index in [0.717, 1.165) is 0 Å². The maximum absolute atomic E-state index is 2.23. The fourth-order valence-corrected chi connectivity index (χ4v) is 3.21. The van der Waals surface area contributed by atoms with E-state index < -0.39 is 0 Å². The molecular formula is C10H16ClNS2. The van der Waals surface area contributed by atoms with Gasteiger partial charge in [-0.25, -0.2) is 0 Å². The van der Waals surface area contributed by atoms with Crippen LogP contribution < -0.4 is 16.4 Å². The van der Waals surface area contributed by atoms with Crippen LogP contribution in [0.4, 0.5) is 0 Å². The molecule has 0 aliphatic heterocycles. The highest BCUT2D eigenvalue weighted by Gasteiger charge is 2.05. The lowest BCUT2D eigenvalue weighted by Crippen LogP contribution is -3.00. The molecule has 0 spiro atoms. The van der Waals surface area contributed by atoms with Gasteiger partial charge < -0.3 is 12.4 Å². The minimum absolute atomic E-state index is 0. The smallest absolute Gasteiger partial charge is 0.238 e. The molecule has 0 radical (unpaired) electrons. The van der Waals surface area contributed by atoms with Crippen LogP contribution in [0.15, 0.2) is 24.4 Å². The Morgan fingerprint density at radius 3 is 2.79 bits per heavy atom. The van der Waals surface area contributed by atoms with Crippen molar-refractivity contribution >= 4 is 21.8 Å². The van der Waals surface area contributed by atoms with E-state index in [4.69, 9.17) is 0 Å². The Morgan fingerprint density at radius 2 is 2.14 bits per heavy atom. The van der Waals surface area contributed by atoms with Crippen molar-refractivity contribution in [3.05, 3.63) is 30.1 Å². The Morgan fingerprint density at radius 1 is 1.36 bits per heavy atom. The molecule has 1 aromatic heterocycles. The predicted molar refractivity (Wildman–Crippen MR) is 61.7 cm³/mol. The molecule has 14 heavy (non-hydrogen) atoms. The fourth-order valence-electron chi connectivity index (χ4n) is 0.895. The van der Waals surface area contributed by atoms with Gasteiger partial charge in [0, 0.05) is 24.8 Å². The van der Waals surface area contributed by atoms with E-state index in [1.165, 1.54) is 24.3 Å². The molecule has 1 rings (SSSR count). The van der Waals surface area contributed by atoms with Gasteiger partial charge in [0.2, 0.25) is 11.0 Å². The standard InChI is InChI=1S/C10H16NS2.ClH/c1-3-4-9-12-13-11-8-6-5-7-10(11)2;/h5-8H,3-4,9H2,1-2H3;1H/q+1;/p-1. The van der Waals surface area contributed by atoms with Crippen LogP contribution in [0.3, 0.4) is 0 Å². The average Bonchev–Trinajstić information content (AvgIpc) is 2.15. The third-order valence-electron chi connectivity index (χ3n) is 1.73. The Balaban J connectivity index is 0.00000169. The molecule has 0 aliphatic carbocycles. The minimum atomic E-state index is 0. The molecule has 1 aromatic rings. The van der Waals surface area contributed by atoms with Gasteiger partial charge in [-0.15, -0.1) is 3.97 Å². The first-order valence-corrected chi connectivity index (χ1v) is 6.89. The van der Waals surface area contributed by atoms with Gasteiger partial charge in [-0.2, -0.15) is 0 Å². The van der Waals surface area contributed by atoms with Gasteiger partial charge in [0.1, 0.15) is 0 Å². The van der Waals surface area contributed by atoms with Gasteiger partial charge in [0.15, 0.2) is 11.9 Å². The third-order valence-corrected chi connectivity index (χ3v) is 4.16. The Hall–Kier alpha value is 0.140. The molecule has 0 atom stereocenters. The zero-order valence-electron chi connectivity index (χ0n) is 8.57. The Kier molecular flexibility index (Phi) is 8.53. The largest absolute Gasteiger partial charge is 1.00 e. The highest BCUT2D eigenvalue weighted by molar-refractivity contribution is 8.74. The monoisotopic (exact) mass is 249 g/mol. The fraction of sp³-hybridized carbons (Fsp3) is 0.500. The van der Waals surface area contributed by atoms with Gasteiger partial charge in [-0.05, 0) is 17.2 Å². The molecule has 0 saturated heterocycles. The summed E-state index contributed by atoms with van der Waals surface area (Å²) in [5, 5.41) is 0. The van der Waals surface area contributed by atoms with E-state index in [1.54, 1.807) is 0 Å². The van der Waals surface area contributed by atoms with Gasteiger partial charge in [0.05, 0.1) is 0 Å². The number of rotatable bonds is 5. The quantitative estimate of drug-likeness (QED) is 0.418. The lowest BCUT2D eigenvalue weighted by molar-refractivity contribution is -0.499. The van der Waals surface area contributed by atoms with Crippen LogP contribution in [0.25, 0.3) is 0 Å². The summed E-state index contributed by atoms with van der Waals surface area (Å²) in [6, 6.07) is 6.27. The average molecular weight is 250 g/mol. The van der Waals surface area contributed by atoms with Crippen molar-refractivity contribution in [1.29, 1.82) is 0 Å². The summed E-state index contributed by atoms with van der Waals surface area (Å²) >= 11 is 0. The van der Waals surface area contributed by atoms with Crippen molar-refractivity contribution in [1.82, 2.24) is 0 Å². The number of aryl methyl sites for hydroxylation is 1. The summed E-state index contributed by atoms with van der Waals surface area (Å²) < 4.78 is 2.21. The molecule has 0 bridgehead atoms. The first-order valence-electron chi connectivity index (χ1n) is 4.62. The van der Waals surface area contributed by atoms with Gasteiger partial charge in [0.25, 0.3) is 0 Å². The minimum Gasteiger partial charge on any atom is -1.00 e. The molecule has 0 N–H and O–H groups in total. The maximum Gasteiger partial charge on any atom is 0.238 e. The summed E-state index contributed by atoms with van der Waals surface area (Å²) in [6.07, 6.45) is 4.70. The maximum atomic E-state index is 2.23. The Labute approximate surface area is 101 Å². The zero-order chi connectivity index (χ0) is 9.52. The predicted octanol–water partition coefficient (Wildman–Crippen LogP) is 0.231. The summed E-state index contributed by atoms with van der Waals surface area (Å²) in [4.78, 5) is 0. The van der Waals surface area contributed by atoms with Crippen LogP contribution in [0.5, 0.6) is 0 Å². The van der Waals surface area contributed by atoms with Crippen LogP contribution in [0.2, 0.25) is 0 Å². The number of aromatic nitrogens is 1. The summed E-state index contributed by atoms with van der Waals surface area (Å²) in [6.45, 7) is 4.36. The van der Waals surface area contributed by atoms with Gasteiger partial charge >= 0.3 is 0 Å². The molecule has 1 nitrogen and oxygen atoms in total. The van der Waals surface area contributed by atoms with Crippen LogP contribution in [-0.2, 0) is 0 Å². The number of halogens is 1. The molecule has 1 heterocycles. The van der Waals surface area contributed by atoms with Crippen LogP contribution in [0, 0.1) is 6.92 Å². The highest BCUT2D eigenvalue weighted by Crippen LogP contribution is 2.18. The third kappa shape index (κ3) is 5.13.